The van der Waals surface area contributed by atoms with Crippen LogP contribution in [0.4, 0.5) is 0 Å². The summed E-state index contributed by atoms with van der Waals surface area (Å²) in [5.74, 6) is 1.20. The number of carbonyl (C=O) groups excluding carboxylic acids is 1. The number of aromatic nitrogens is 1. The fourth-order valence-corrected chi connectivity index (χ4v) is 2.03. The molecular weight excluding hydrogens is 262 g/mol. The van der Waals surface area contributed by atoms with Gasteiger partial charge in [-0.25, -0.2) is 4.98 Å². The maximum Gasteiger partial charge on any atom is 0.219 e. The van der Waals surface area contributed by atoms with E-state index in [4.69, 9.17) is 4.74 Å². The first kappa shape index (κ1) is 15.2. The Labute approximate surface area is 126 Å². The average Bonchev–Trinajstić information content (AvgIpc) is 2.40. The van der Waals surface area contributed by atoms with E-state index in [1.54, 1.807) is 18.3 Å². The summed E-state index contributed by atoms with van der Waals surface area (Å²) in [4.78, 5) is 15.5. The van der Waals surface area contributed by atoms with Gasteiger partial charge in [0, 0.05) is 17.8 Å². The lowest BCUT2D eigenvalue weighted by Gasteiger charge is -2.20. The van der Waals surface area contributed by atoms with Crippen LogP contribution in [0.15, 0.2) is 36.5 Å². The molecular formula is C18H21NO2. The highest BCUT2D eigenvalue weighted by atomic mass is 16.5. The van der Waals surface area contributed by atoms with Gasteiger partial charge in [0.2, 0.25) is 5.88 Å². The fourth-order valence-electron chi connectivity index (χ4n) is 2.03. The zero-order valence-electron chi connectivity index (χ0n) is 13.2. The van der Waals surface area contributed by atoms with Gasteiger partial charge >= 0.3 is 0 Å². The standard InChI is InChI=1S/C18H21NO2/c1-12-10-15(18(3,4)5)6-7-16(12)21-17-11-14(13(2)20)8-9-19-17/h6-11H,1-5H3. The van der Waals surface area contributed by atoms with E-state index in [0.717, 1.165) is 11.3 Å². The van der Waals surface area contributed by atoms with Gasteiger partial charge < -0.3 is 4.74 Å². The van der Waals surface area contributed by atoms with Crippen molar-refractivity contribution in [3.05, 3.63) is 53.2 Å². The molecule has 1 aromatic heterocycles. The molecule has 0 atom stereocenters. The molecule has 0 aliphatic heterocycles. The van der Waals surface area contributed by atoms with Crippen LogP contribution in [0.25, 0.3) is 0 Å². The Balaban J connectivity index is 2.28. The SMILES string of the molecule is CC(=O)c1ccnc(Oc2ccc(C(C)(C)C)cc2C)c1. The van der Waals surface area contributed by atoms with Gasteiger partial charge in [0.1, 0.15) is 5.75 Å². The quantitative estimate of drug-likeness (QED) is 0.768. The number of benzene rings is 1. The molecule has 110 valence electrons. The van der Waals surface area contributed by atoms with Gasteiger partial charge in [-0.3, -0.25) is 4.79 Å². The summed E-state index contributed by atoms with van der Waals surface area (Å²) in [6.07, 6.45) is 1.59. The van der Waals surface area contributed by atoms with Crippen molar-refractivity contribution < 1.29 is 9.53 Å². The van der Waals surface area contributed by atoms with Gasteiger partial charge in [0.15, 0.2) is 5.78 Å². The normalized spacial score (nSPS) is 11.3. The number of pyridine rings is 1. The lowest BCUT2D eigenvalue weighted by atomic mass is 9.86. The summed E-state index contributed by atoms with van der Waals surface area (Å²) in [6.45, 7) is 10.1. The number of rotatable bonds is 3. The molecule has 21 heavy (non-hydrogen) atoms. The van der Waals surface area contributed by atoms with Gasteiger partial charge in [0.25, 0.3) is 0 Å². The lowest BCUT2D eigenvalue weighted by Crippen LogP contribution is -2.11. The molecule has 0 aliphatic rings. The first-order chi connectivity index (χ1) is 9.77. The van der Waals surface area contributed by atoms with Crippen molar-refractivity contribution in [2.24, 2.45) is 0 Å². The minimum Gasteiger partial charge on any atom is -0.439 e. The number of ether oxygens (including phenoxy) is 1. The van der Waals surface area contributed by atoms with Crippen LogP contribution < -0.4 is 4.74 Å². The summed E-state index contributed by atoms with van der Waals surface area (Å²) < 4.78 is 5.80. The minimum absolute atomic E-state index is 0.00190. The lowest BCUT2D eigenvalue weighted by molar-refractivity contribution is 0.101. The second-order valence-electron chi connectivity index (χ2n) is 6.27. The molecule has 0 saturated carbocycles. The van der Waals surface area contributed by atoms with Crippen LogP contribution in [-0.4, -0.2) is 10.8 Å². The Bertz CT molecular complexity index is 669. The molecule has 0 amide bonds. The van der Waals surface area contributed by atoms with Crippen molar-refractivity contribution in [3.8, 4) is 11.6 Å². The van der Waals surface area contributed by atoms with Crippen molar-refractivity contribution in [2.75, 3.05) is 0 Å². The van der Waals surface area contributed by atoms with Crippen LogP contribution in [0.2, 0.25) is 0 Å². The molecule has 0 aliphatic carbocycles. The highest BCUT2D eigenvalue weighted by molar-refractivity contribution is 5.94. The van der Waals surface area contributed by atoms with Crippen molar-refractivity contribution in [2.45, 2.75) is 40.0 Å². The Morgan fingerprint density at radius 2 is 1.86 bits per heavy atom. The molecule has 3 heteroatoms. The summed E-state index contributed by atoms with van der Waals surface area (Å²) >= 11 is 0. The number of Topliss-reactive ketones (excluding diaryl/α,β-unsaturated/α-hetero) is 1. The van der Waals surface area contributed by atoms with Crippen LogP contribution in [-0.2, 0) is 5.41 Å². The Kier molecular flexibility index (Phi) is 4.12. The first-order valence-electron chi connectivity index (χ1n) is 7.03. The third-order valence-corrected chi connectivity index (χ3v) is 3.40. The molecule has 1 heterocycles. The van der Waals surface area contributed by atoms with Gasteiger partial charge in [-0.2, -0.15) is 0 Å². The summed E-state index contributed by atoms with van der Waals surface area (Å²) in [7, 11) is 0. The molecule has 0 bridgehead atoms. The Morgan fingerprint density at radius 1 is 1.14 bits per heavy atom. The molecule has 0 saturated heterocycles. The van der Waals surface area contributed by atoms with Gasteiger partial charge in [-0.15, -0.1) is 0 Å². The average molecular weight is 283 g/mol. The topological polar surface area (TPSA) is 39.2 Å². The van der Waals surface area contributed by atoms with Gasteiger partial charge in [-0.05, 0) is 42.5 Å². The molecule has 3 nitrogen and oxygen atoms in total. The largest absolute Gasteiger partial charge is 0.439 e. The highest BCUT2D eigenvalue weighted by Crippen LogP contribution is 2.29. The van der Waals surface area contributed by atoms with Gasteiger partial charge in [0.05, 0.1) is 0 Å². The smallest absolute Gasteiger partial charge is 0.219 e. The maximum absolute atomic E-state index is 11.4. The highest BCUT2D eigenvalue weighted by Gasteiger charge is 2.15. The number of hydrogen-bond acceptors (Lipinski definition) is 3. The van der Waals surface area contributed by atoms with E-state index >= 15 is 0 Å². The van der Waals surface area contributed by atoms with Crippen LogP contribution in [0.1, 0.15) is 49.2 Å². The molecule has 1 aromatic carbocycles. The number of carbonyl (C=O) groups is 1. The number of ketones is 1. The second kappa shape index (κ2) is 5.68. The zero-order chi connectivity index (χ0) is 15.6. The molecule has 2 aromatic rings. The van der Waals surface area contributed by atoms with Gasteiger partial charge in [-0.1, -0.05) is 32.9 Å². The second-order valence-corrected chi connectivity index (χ2v) is 6.27. The third-order valence-electron chi connectivity index (χ3n) is 3.40. The zero-order valence-corrected chi connectivity index (χ0v) is 13.2. The summed E-state index contributed by atoms with van der Waals surface area (Å²) in [6, 6.07) is 9.50. The Morgan fingerprint density at radius 3 is 2.43 bits per heavy atom. The van der Waals surface area contributed by atoms with Crippen LogP contribution >= 0.6 is 0 Å². The maximum atomic E-state index is 11.4. The van der Waals surface area contributed by atoms with Crippen molar-refractivity contribution in [1.29, 1.82) is 0 Å². The summed E-state index contributed by atoms with van der Waals surface area (Å²) in [5.41, 5.74) is 3.02. The fraction of sp³-hybridized carbons (Fsp3) is 0.333. The van der Waals surface area contributed by atoms with Crippen molar-refractivity contribution >= 4 is 5.78 Å². The number of aryl methyl sites for hydroxylation is 1. The van der Waals surface area contributed by atoms with Crippen LogP contribution in [0.5, 0.6) is 11.6 Å². The third kappa shape index (κ3) is 3.69. The Hall–Kier alpha value is -2.16. The number of hydrogen-bond donors (Lipinski definition) is 0. The molecule has 0 spiro atoms. The van der Waals surface area contributed by atoms with E-state index in [2.05, 4.69) is 37.9 Å². The predicted octanol–water partition coefficient (Wildman–Crippen LogP) is 4.68. The molecule has 0 N–H and O–H groups in total. The minimum atomic E-state index is 0.00190. The predicted molar refractivity (Wildman–Crippen MR) is 84.2 cm³/mol. The molecule has 0 unspecified atom stereocenters. The molecule has 2 rings (SSSR count). The van der Waals surface area contributed by atoms with Crippen molar-refractivity contribution in [1.82, 2.24) is 4.98 Å². The van der Waals surface area contributed by atoms with E-state index in [0.29, 0.717) is 11.4 Å². The van der Waals surface area contributed by atoms with E-state index in [9.17, 15) is 4.79 Å². The van der Waals surface area contributed by atoms with E-state index in [1.165, 1.54) is 12.5 Å². The van der Waals surface area contributed by atoms with Crippen molar-refractivity contribution in [3.63, 3.8) is 0 Å². The van der Waals surface area contributed by atoms with Crippen LogP contribution in [0.3, 0.4) is 0 Å². The summed E-state index contributed by atoms with van der Waals surface area (Å²) in [5, 5.41) is 0. The van der Waals surface area contributed by atoms with E-state index in [-0.39, 0.29) is 11.2 Å². The van der Waals surface area contributed by atoms with E-state index < -0.39 is 0 Å². The van der Waals surface area contributed by atoms with Crippen LogP contribution in [0, 0.1) is 6.92 Å². The molecule has 0 fully saturated rings. The molecule has 0 radical (unpaired) electrons. The monoisotopic (exact) mass is 283 g/mol. The first-order valence-corrected chi connectivity index (χ1v) is 7.03. The van der Waals surface area contributed by atoms with E-state index in [1.807, 2.05) is 13.0 Å². The number of nitrogens with zero attached hydrogens (tertiary/aromatic N) is 1.